The molecule has 0 aliphatic carbocycles. The van der Waals surface area contributed by atoms with Crippen molar-refractivity contribution in [1.82, 2.24) is 19.3 Å². The van der Waals surface area contributed by atoms with Crippen LogP contribution >= 0.6 is 0 Å². The average Bonchev–Trinajstić information content (AvgIpc) is 3.26. The highest BCUT2D eigenvalue weighted by Gasteiger charge is 2.28. The maximum atomic E-state index is 12.9. The number of anilines is 1. The van der Waals surface area contributed by atoms with E-state index in [-0.39, 0.29) is 10.8 Å². The zero-order valence-electron chi connectivity index (χ0n) is 20.5. The van der Waals surface area contributed by atoms with Crippen molar-refractivity contribution in [3.63, 3.8) is 0 Å². The van der Waals surface area contributed by atoms with Crippen LogP contribution in [0, 0.1) is 5.92 Å². The fourth-order valence-corrected chi connectivity index (χ4v) is 5.24. The Morgan fingerprint density at radius 3 is 2.32 bits per heavy atom. The number of carbonyl (C=O) groups excluding carboxylic acids is 1. The first kappa shape index (κ1) is 26.0. The summed E-state index contributed by atoms with van der Waals surface area (Å²) < 4.78 is 29.3. The molecule has 37 heavy (non-hydrogen) atoms. The van der Waals surface area contributed by atoms with Gasteiger partial charge in [-0.25, -0.2) is 13.4 Å². The van der Waals surface area contributed by atoms with E-state index in [1.165, 1.54) is 18.3 Å². The Bertz CT molecular complexity index is 1540. The number of sulfonamides is 1. The Morgan fingerprint density at radius 1 is 1.03 bits per heavy atom. The first-order valence-electron chi connectivity index (χ1n) is 11.7. The highest BCUT2D eigenvalue weighted by molar-refractivity contribution is 7.89. The summed E-state index contributed by atoms with van der Waals surface area (Å²) in [6.45, 7) is 5.79. The van der Waals surface area contributed by atoms with Gasteiger partial charge in [-0.1, -0.05) is 38.1 Å². The lowest BCUT2D eigenvalue weighted by atomic mass is 10.1. The number of nitrogens with one attached hydrogen (secondary N) is 2. The topological polar surface area (TPSA) is 143 Å². The number of nitrogens with zero attached hydrogens (tertiary/aromatic N) is 3. The maximum Gasteiger partial charge on any atom is 0.322 e. The number of aliphatic carboxylic acids is 1. The first-order valence-corrected chi connectivity index (χ1v) is 13.2. The third-order valence-corrected chi connectivity index (χ3v) is 7.33. The summed E-state index contributed by atoms with van der Waals surface area (Å²) in [4.78, 5) is 33.0. The number of imidazole rings is 1. The van der Waals surface area contributed by atoms with Crippen molar-refractivity contribution >= 4 is 38.6 Å². The second-order valence-corrected chi connectivity index (χ2v) is 10.5. The highest BCUT2D eigenvalue weighted by atomic mass is 32.2. The molecule has 10 nitrogen and oxygen atoms in total. The number of rotatable bonds is 9. The summed E-state index contributed by atoms with van der Waals surface area (Å²) >= 11 is 0. The molecule has 3 N–H and O–H groups in total. The van der Waals surface area contributed by atoms with Crippen LogP contribution in [0.1, 0.15) is 31.4 Å². The largest absolute Gasteiger partial charge is 0.480 e. The Balaban J connectivity index is 1.48. The van der Waals surface area contributed by atoms with Crippen LogP contribution in [0.2, 0.25) is 0 Å². The van der Waals surface area contributed by atoms with E-state index in [4.69, 9.17) is 0 Å². The van der Waals surface area contributed by atoms with E-state index < -0.39 is 28.0 Å². The summed E-state index contributed by atoms with van der Waals surface area (Å²) in [5.41, 5.74) is 3.34. The van der Waals surface area contributed by atoms with E-state index in [1.54, 1.807) is 38.1 Å². The number of hydrogen-bond acceptors (Lipinski definition) is 6. The second-order valence-electron chi connectivity index (χ2n) is 8.76. The molecule has 2 aromatic carbocycles. The number of aryl methyl sites for hydroxylation is 1. The van der Waals surface area contributed by atoms with E-state index in [0.717, 1.165) is 11.0 Å². The Labute approximate surface area is 214 Å². The summed E-state index contributed by atoms with van der Waals surface area (Å²) in [5, 5.41) is 12.1. The number of para-hydroxylation sites is 2. The minimum absolute atomic E-state index is 0.0501. The average molecular weight is 522 g/mol. The molecule has 0 aliphatic rings. The van der Waals surface area contributed by atoms with E-state index >= 15 is 0 Å². The quantitative estimate of drug-likeness (QED) is 0.304. The van der Waals surface area contributed by atoms with Crippen LogP contribution in [-0.4, -0.2) is 46.0 Å². The molecule has 0 radical (unpaired) electrons. The molecular formula is C26H27N5O5S. The predicted octanol–water partition coefficient (Wildman–Crippen LogP) is 3.76. The molecule has 0 saturated heterocycles. The second kappa shape index (κ2) is 10.5. The van der Waals surface area contributed by atoms with Crippen molar-refractivity contribution in [2.24, 2.45) is 5.92 Å². The molecule has 192 valence electrons. The number of benzene rings is 2. The van der Waals surface area contributed by atoms with Crippen LogP contribution in [0.4, 0.5) is 5.69 Å². The minimum atomic E-state index is -4.02. The van der Waals surface area contributed by atoms with Crippen LogP contribution in [0.15, 0.2) is 71.8 Å². The SMILES string of the molecule is CCn1c(C(=O)Nc2ccc(-c3ccc(S(=O)(=O)NC(C(=O)O)C(C)C)cc3)nc2)nc2ccccc21. The fraction of sp³-hybridized carbons (Fsp3) is 0.231. The molecule has 1 unspecified atom stereocenters. The molecule has 0 bridgehead atoms. The van der Waals surface area contributed by atoms with Gasteiger partial charge in [0.2, 0.25) is 10.0 Å². The van der Waals surface area contributed by atoms with Gasteiger partial charge in [0, 0.05) is 12.1 Å². The lowest BCUT2D eigenvalue weighted by molar-refractivity contribution is -0.140. The highest BCUT2D eigenvalue weighted by Crippen LogP contribution is 2.22. The van der Waals surface area contributed by atoms with Crippen molar-refractivity contribution in [3.8, 4) is 11.3 Å². The molecule has 0 fully saturated rings. The van der Waals surface area contributed by atoms with Gasteiger partial charge in [-0.15, -0.1) is 0 Å². The number of amides is 1. The Morgan fingerprint density at radius 2 is 1.73 bits per heavy atom. The van der Waals surface area contributed by atoms with Gasteiger partial charge in [0.05, 0.1) is 33.5 Å². The lowest BCUT2D eigenvalue weighted by Crippen LogP contribution is -2.44. The number of hydrogen-bond donors (Lipinski definition) is 3. The van der Waals surface area contributed by atoms with Crippen LogP contribution < -0.4 is 10.0 Å². The van der Waals surface area contributed by atoms with E-state index in [0.29, 0.717) is 29.3 Å². The molecule has 4 rings (SSSR count). The molecule has 1 amide bonds. The van der Waals surface area contributed by atoms with Crippen molar-refractivity contribution < 1.29 is 23.1 Å². The number of fused-ring (bicyclic) bond motifs is 1. The summed E-state index contributed by atoms with van der Waals surface area (Å²) in [6.07, 6.45) is 1.51. The summed E-state index contributed by atoms with van der Waals surface area (Å²) in [7, 11) is -4.02. The molecule has 11 heteroatoms. The van der Waals surface area contributed by atoms with Crippen LogP contribution in [0.25, 0.3) is 22.3 Å². The lowest BCUT2D eigenvalue weighted by Gasteiger charge is -2.18. The zero-order chi connectivity index (χ0) is 26.7. The Kier molecular flexibility index (Phi) is 7.37. The number of carbonyl (C=O) groups is 2. The van der Waals surface area contributed by atoms with Gasteiger partial charge in [-0.2, -0.15) is 4.72 Å². The van der Waals surface area contributed by atoms with Gasteiger partial charge in [0.15, 0.2) is 5.82 Å². The summed E-state index contributed by atoms with van der Waals surface area (Å²) in [5.74, 6) is -1.70. The molecular weight excluding hydrogens is 494 g/mol. The molecule has 0 aliphatic heterocycles. The predicted molar refractivity (Wildman–Crippen MR) is 140 cm³/mol. The third-order valence-electron chi connectivity index (χ3n) is 5.87. The van der Waals surface area contributed by atoms with Crippen molar-refractivity contribution in [2.45, 2.75) is 38.3 Å². The monoisotopic (exact) mass is 521 g/mol. The van der Waals surface area contributed by atoms with Crippen LogP contribution in [0.5, 0.6) is 0 Å². The van der Waals surface area contributed by atoms with Gasteiger partial charge >= 0.3 is 5.97 Å². The number of carboxylic acid groups (broad SMARTS) is 1. The van der Waals surface area contributed by atoms with Gasteiger partial charge in [0.25, 0.3) is 5.91 Å². The zero-order valence-corrected chi connectivity index (χ0v) is 21.4. The van der Waals surface area contributed by atoms with Gasteiger partial charge in [0.1, 0.15) is 6.04 Å². The normalized spacial score (nSPS) is 12.5. The third kappa shape index (κ3) is 5.52. The molecule has 2 heterocycles. The summed E-state index contributed by atoms with van der Waals surface area (Å²) in [6, 6.07) is 15.7. The standard InChI is InChI=1S/C26H27N5O5S/c1-4-31-22-8-6-5-7-21(22)29-24(31)25(32)28-18-11-14-20(27-15-18)17-9-12-19(13-10-17)37(35,36)30-23(16(2)3)26(33)34/h5-16,23,30H,4H2,1-3H3,(H,28,32)(H,33,34). The number of pyridine rings is 1. The van der Waals surface area contributed by atoms with Gasteiger partial charge in [-0.3, -0.25) is 14.6 Å². The molecule has 4 aromatic rings. The van der Waals surface area contributed by atoms with E-state index in [2.05, 4.69) is 20.0 Å². The van der Waals surface area contributed by atoms with Crippen molar-refractivity contribution in [3.05, 3.63) is 72.7 Å². The fourth-order valence-electron chi connectivity index (χ4n) is 3.91. The van der Waals surface area contributed by atoms with Gasteiger partial charge < -0.3 is 15.0 Å². The maximum absolute atomic E-state index is 12.9. The smallest absolute Gasteiger partial charge is 0.322 e. The Hall–Kier alpha value is -4.09. The van der Waals surface area contributed by atoms with E-state index in [9.17, 15) is 23.1 Å². The number of carboxylic acids is 1. The molecule has 0 spiro atoms. The molecule has 1 atom stereocenters. The van der Waals surface area contributed by atoms with Crippen molar-refractivity contribution in [2.75, 3.05) is 5.32 Å². The van der Waals surface area contributed by atoms with Crippen molar-refractivity contribution in [1.29, 1.82) is 0 Å². The molecule has 0 saturated carbocycles. The first-order chi connectivity index (χ1) is 17.6. The van der Waals surface area contributed by atoms with Gasteiger partial charge in [-0.05, 0) is 49.2 Å². The minimum Gasteiger partial charge on any atom is -0.480 e. The molecule has 2 aromatic heterocycles. The van der Waals surface area contributed by atoms with E-state index in [1.807, 2.05) is 35.8 Å². The van der Waals surface area contributed by atoms with Crippen LogP contribution in [0.3, 0.4) is 0 Å². The van der Waals surface area contributed by atoms with Crippen LogP contribution in [-0.2, 0) is 21.4 Å². The number of aromatic nitrogens is 3.